The van der Waals surface area contributed by atoms with Crippen molar-refractivity contribution in [2.45, 2.75) is 29.6 Å². The molecule has 7 nitrogen and oxygen atoms in total. The summed E-state index contributed by atoms with van der Waals surface area (Å²) in [6.45, 7) is 2.93. The molecular formula is C14H23N3O4S2. The second kappa shape index (κ2) is 6.86. The van der Waals surface area contributed by atoms with Crippen LogP contribution in [0.25, 0.3) is 0 Å². The molecule has 0 amide bonds. The standard InChI is InChI=1S/C14H23N3O4S2/c1-11-8-13(5-6-14(11)22(18,19)16-2)23(20,21)17-7-3-4-12(9-15)10-17/h5-6,8,12,16H,3-4,7,9-10,15H2,1-2H3. The molecule has 1 aliphatic rings. The monoisotopic (exact) mass is 361 g/mol. The van der Waals surface area contributed by atoms with E-state index in [1.165, 1.54) is 29.6 Å². The average molecular weight is 361 g/mol. The number of piperidine rings is 1. The van der Waals surface area contributed by atoms with Gasteiger partial charge in [-0.05, 0) is 63.0 Å². The zero-order valence-electron chi connectivity index (χ0n) is 13.3. The molecule has 130 valence electrons. The van der Waals surface area contributed by atoms with Crippen LogP contribution in [0.5, 0.6) is 0 Å². The molecule has 1 atom stereocenters. The van der Waals surface area contributed by atoms with E-state index < -0.39 is 20.0 Å². The van der Waals surface area contributed by atoms with Gasteiger partial charge in [0.2, 0.25) is 20.0 Å². The Hall–Kier alpha value is -1.00. The normalized spacial score (nSPS) is 20.6. The molecule has 1 saturated heterocycles. The first-order chi connectivity index (χ1) is 10.7. The van der Waals surface area contributed by atoms with E-state index >= 15 is 0 Å². The van der Waals surface area contributed by atoms with Crippen molar-refractivity contribution in [2.75, 3.05) is 26.7 Å². The highest BCUT2D eigenvalue weighted by atomic mass is 32.2. The van der Waals surface area contributed by atoms with Gasteiger partial charge in [0, 0.05) is 13.1 Å². The first kappa shape index (κ1) is 18.3. The van der Waals surface area contributed by atoms with Gasteiger partial charge in [-0.2, -0.15) is 4.31 Å². The summed E-state index contributed by atoms with van der Waals surface area (Å²) in [6.07, 6.45) is 1.72. The first-order valence-electron chi connectivity index (χ1n) is 7.47. The quantitative estimate of drug-likeness (QED) is 0.782. The molecular weight excluding hydrogens is 338 g/mol. The van der Waals surface area contributed by atoms with E-state index in [9.17, 15) is 16.8 Å². The Bertz CT molecular complexity index is 775. The summed E-state index contributed by atoms with van der Waals surface area (Å²) in [5.41, 5.74) is 6.06. The van der Waals surface area contributed by atoms with E-state index in [0.29, 0.717) is 25.2 Å². The summed E-state index contributed by atoms with van der Waals surface area (Å²) in [5, 5.41) is 0. The van der Waals surface area contributed by atoms with E-state index in [4.69, 9.17) is 5.73 Å². The van der Waals surface area contributed by atoms with Crippen LogP contribution in [0.2, 0.25) is 0 Å². The lowest BCUT2D eigenvalue weighted by Crippen LogP contribution is -2.42. The summed E-state index contributed by atoms with van der Waals surface area (Å²) in [4.78, 5) is 0.195. The van der Waals surface area contributed by atoms with Crippen molar-refractivity contribution in [3.8, 4) is 0 Å². The molecule has 1 aromatic rings. The minimum atomic E-state index is -3.63. The van der Waals surface area contributed by atoms with Crippen LogP contribution in [0.3, 0.4) is 0 Å². The van der Waals surface area contributed by atoms with Crippen LogP contribution in [-0.2, 0) is 20.0 Å². The van der Waals surface area contributed by atoms with E-state index in [-0.39, 0.29) is 15.7 Å². The third-order valence-electron chi connectivity index (χ3n) is 4.16. The molecule has 0 bridgehead atoms. The Labute approximate surface area is 138 Å². The van der Waals surface area contributed by atoms with E-state index in [1.54, 1.807) is 6.92 Å². The maximum atomic E-state index is 12.8. The summed E-state index contributed by atoms with van der Waals surface area (Å²) in [7, 11) is -5.92. The lowest BCUT2D eigenvalue weighted by Gasteiger charge is -2.31. The molecule has 23 heavy (non-hydrogen) atoms. The van der Waals surface area contributed by atoms with Crippen molar-refractivity contribution in [1.29, 1.82) is 0 Å². The first-order valence-corrected chi connectivity index (χ1v) is 10.4. The minimum Gasteiger partial charge on any atom is -0.330 e. The van der Waals surface area contributed by atoms with Crippen LogP contribution in [0, 0.1) is 12.8 Å². The molecule has 0 radical (unpaired) electrons. The van der Waals surface area contributed by atoms with Crippen molar-refractivity contribution in [1.82, 2.24) is 9.03 Å². The number of nitrogens with zero attached hydrogens (tertiary/aromatic N) is 1. The lowest BCUT2D eigenvalue weighted by atomic mass is 10.0. The van der Waals surface area contributed by atoms with Gasteiger partial charge in [0.05, 0.1) is 9.79 Å². The molecule has 9 heteroatoms. The van der Waals surface area contributed by atoms with Crippen molar-refractivity contribution in [3.63, 3.8) is 0 Å². The molecule has 3 N–H and O–H groups in total. The van der Waals surface area contributed by atoms with Crippen LogP contribution in [0.1, 0.15) is 18.4 Å². The Morgan fingerprint density at radius 2 is 2.00 bits per heavy atom. The molecule has 1 fully saturated rings. The highest BCUT2D eigenvalue weighted by Crippen LogP contribution is 2.25. The number of nitrogens with two attached hydrogens (primary N) is 1. The molecule has 0 aliphatic carbocycles. The highest BCUT2D eigenvalue weighted by molar-refractivity contribution is 7.89. The largest absolute Gasteiger partial charge is 0.330 e. The van der Waals surface area contributed by atoms with Gasteiger partial charge in [-0.15, -0.1) is 0 Å². The number of sulfonamides is 2. The third kappa shape index (κ3) is 3.74. The van der Waals surface area contributed by atoms with E-state index in [2.05, 4.69) is 4.72 Å². The second-order valence-electron chi connectivity index (χ2n) is 5.74. The van der Waals surface area contributed by atoms with E-state index in [0.717, 1.165) is 12.8 Å². The zero-order valence-corrected chi connectivity index (χ0v) is 15.0. The second-order valence-corrected chi connectivity index (χ2v) is 9.53. The topological polar surface area (TPSA) is 110 Å². The molecule has 0 saturated carbocycles. The fraction of sp³-hybridized carbons (Fsp3) is 0.571. The van der Waals surface area contributed by atoms with Crippen LogP contribution >= 0.6 is 0 Å². The Balaban J connectivity index is 2.36. The summed E-state index contributed by atoms with van der Waals surface area (Å²) < 4.78 is 52.9. The van der Waals surface area contributed by atoms with Gasteiger partial charge in [-0.1, -0.05) is 0 Å². The van der Waals surface area contributed by atoms with Crippen LogP contribution in [0.4, 0.5) is 0 Å². The number of aryl methyl sites for hydroxylation is 1. The Morgan fingerprint density at radius 1 is 1.30 bits per heavy atom. The minimum absolute atomic E-state index is 0.0810. The summed E-state index contributed by atoms with van der Waals surface area (Å²) >= 11 is 0. The Kier molecular flexibility index (Phi) is 5.47. The van der Waals surface area contributed by atoms with Crippen molar-refractivity contribution in [2.24, 2.45) is 11.7 Å². The molecule has 1 heterocycles. The molecule has 2 rings (SSSR count). The maximum Gasteiger partial charge on any atom is 0.243 e. The molecule has 0 spiro atoms. The predicted octanol–water partition coefficient (Wildman–Crippen LogP) is 0.263. The van der Waals surface area contributed by atoms with Gasteiger partial charge in [0.15, 0.2) is 0 Å². The van der Waals surface area contributed by atoms with Gasteiger partial charge in [0.25, 0.3) is 0 Å². The number of hydrogen-bond donors (Lipinski definition) is 2. The molecule has 1 unspecified atom stereocenters. The maximum absolute atomic E-state index is 12.8. The van der Waals surface area contributed by atoms with Gasteiger partial charge >= 0.3 is 0 Å². The van der Waals surface area contributed by atoms with E-state index in [1.807, 2.05) is 0 Å². The number of rotatable bonds is 5. The summed E-state index contributed by atoms with van der Waals surface area (Å²) in [6, 6.07) is 4.09. The number of nitrogens with one attached hydrogen (secondary N) is 1. The van der Waals surface area contributed by atoms with Crippen molar-refractivity contribution >= 4 is 20.0 Å². The smallest absolute Gasteiger partial charge is 0.243 e. The fourth-order valence-corrected chi connectivity index (χ4v) is 5.37. The molecule has 1 aliphatic heterocycles. The Morgan fingerprint density at radius 3 is 2.57 bits per heavy atom. The number of benzene rings is 1. The van der Waals surface area contributed by atoms with Gasteiger partial charge in [-0.25, -0.2) is 21.6 Å². The SMILES string of the molecule is CNS(=O)(=O)c1ccc(S(=O)(=O)N2CCCC(CN)C2)cc1C. The molecule has 1 aromatic carbocycles. The fourth-order valence-electron chi connectivity index (χ4n) is 2.78. The summed E-state index contributed by atoms with van der Waals surface area (Å²) in [5.74, 6) is 0.170. The van der Waals surface area contributed by atoms with Crippen molar-refractivity contribution < 1.29 is 16.8 Å². The third-order valence-corrected chi connectivity index (χ3v) is 7.59. The zero-order chi connectivity index (χ0) is 17.3. The predicted molar refractivity (Wildman–Crippen MR) is 88.0 cm³/mol. The average Bonchev–Trinajstić information content (AvgIpc) is 2.54. The van der Waals surface area contributed by atoms with Crippen LogP contribution < -0.4 is 10.5 Å². The number of hydrogen-bond acceptors (Lipinski definition) is 5. The highest BCUT2D eigenvalue weighted by Gasteiger charge is 2.30. The van der Waals surface area contributed by atoms with Gasteiger partial charge in [0.1, 0.15) is 0 Å². The van der Waals surface area contributed by atoms with Crippen LogP contribution in [-0.4, -0.2) is 47.8 Å². The lowest BCUT2D eigenvalue weighted by molar-refractivity contribution is 0.271. The molecule has 0 aromatic heterocycles. The van der Waals surface area contributed by atoms with Gasteiger partial charge < -0.3 is 5.73 Å². The van der Waals surface area contributed by atoms with Crippen LogP contribution in [0.15, 0.2) is 28.0 Å². The van der Waals surface area contributed by atoms with Gasteiger partial charge in [-0.3, -0.25) is 0 Å². The van der Waals surface area contributed by atoms with Crippen molar-refractivity contribution in [3.05, 3.63) is 23.8 Å².